The van der Waals surface area contributed by atoms with Crippen molar-refractivity contribution in [2.75, 3.05) is 5.75 Å². The Morgan fingerprint density at radius 3 is 2.62 bits per heavy atom. The number of pyridine rings is 1. The van der Waals surface area contributed by atoms with Gasteiger partial charge in [-0.15, -0.1) is 11.8 Å². The number of carbonyl (C=O) groups is 1. The van der Waals surface area contributed by atoms with Crippen LogP contribution in [0.5, 0.6) is 0 Å². The zero-order valence-corrected chi connectivity index (χ0v) is 14.0. The summed E-state index contributed by atoms with van der Waals surface area (Å²) in [7, 11) is 0. The molecule has 0 spiro atoms. The first-order valence-electron chi connectivity index (χ1n) is 7.68. The van der Waals surface area contributed by atoms with E-state index < -0.39 is 0 Å². The van der Waals surface area contributed by atoms with Crippen LogP contribution < -0.4 is 5.32 Å². The van der Waals surface area contributed by atoms with Gasteiger partial charge >= 0.3 is 0 Å². The number of hydrogen-bond acceptors (Lipinski definition) is 4. The molecule has 5 heteroatoms. The van der Waals surface area contributed by atoms with Crippen molar-refractivity contribution in [2.24, 2.45) is 0 Å². The fraction of sp³-hybridized carbons (Fsp3) is 0.158. The smallest absolute Gasteiger partial charge is 0.230 e. The molecule has 0 saturated heterocycles. The van der Waals surface area contributed by atoms with E-state index in [4.69, 9.17) is 4.42 Å². The second-order valence-corrected chi connectivity index (χ2v) is 6.27. The van der Waals surface area contributed by atoms with Crippen LogP contribution in [0.4, 0.5) is 0 Å². The summed E-state index contributed by atoms with van der Waals surface area (Å²) in [4.78, 5) is 16.2. The van der Waals surface area contributed by atoms with Crippen molar-refractivity contribution < 1.29 is 9.21 Å². The van der Waals surface area contributed by atoms with E-state index in [0.717, 1.165) is 22.8 Å². The maximum absolute atomic E-state index is 11.9. The van der Waals surface area contributed by atoms with Crippen LogP contribution in [-0.2, 0) is 17.1 Å². The van der Waals surface area contributed by atoms with Crippen molar-refractivity contribution in [1.82, 2.24) is 10.3 Å². The van der Waals surface area contributed by atoms with E-state index in [1.54, 1.807) is 24.2 Å². The molecule has 1 amide bonds. The Bertz CT molecular complexity index is 756. The molecule has 2 aromatic heterocycles. The average Bonchev–Trinajstić information content (AvgIpc) is 3.16. The molecule has 0 unspecified atom stereocenters. The maximum atomic E-state index is 11.9. The number of thioether (sulfide) groups is 1. The summed E-state index contributed by atoms with van der Waals surface area (Å²) >= 11 is 1.61. The van der Waals surface area contributed by atoms with Gasteiger partial charge in [0.25, 0.3) is 0 Å². The van der Waals surface area contributed by atoms with E-state index in [-0.39, 0.29) is 5.91 Å². The molecule has 0 radical (unpaired) electrons. The van der Waals surface area contributed by atoms with Crippen LogP contribution in [0.3, 0.4) is 0 Å². The van der Waals surface area contributed by atoms with Gasteiger partial charge in [0, 0.05) is 18.5 Å². The molecule has 0 saturated carbocycles. The topological polar surface area (TPSA) is 55.1 Å². The summed E-state index contributed by atoms with van der Waals surface area (Å²) in [6, 6.07) is 17.7. The lowest BCUT2D eigenvalue weighted by molar-refractivity contribution is -0.118. The number of nitrogens with zero attached hydrogens (tertiary/aromatic N) is 1. The van der Waals surface area contributed by atoms with E-state index in [0.29, 0.717) is 12.3 Å². The van der Waals surface area contributed by atoms with Crippen LogP contribution in [0.2, 0.25) is 0 Å². The minimum absolute atomic E-state index is 0.0334. The highest BCUT2D eigenvalue weighted by Gasteiger charge is 2.04. The lowest BCUT2D eigenvalue weighted by Gasteiger charge is -2.06. The lowest BCUT2D eigenvalue weighted by atomic mass is 10.2. The summed E-state index contributed by atoms with van der Waals surface area (Å²) < 4.78 is 5.30. The van der Waals surface area contributed by atoms with Crippen molar-refractivity contribution in [3.8, 4) is 11.5 Å². The summed E-state index contributed by atoms with van der Waals surface area (Å²) in [5.41, 5.74) is 2.98. The third-order valence-electron chi connectivity index (χ3n) is 3.43. The molecule has 122 valence electrons. The van der Waals surface area contributed by atoms with Crippen LogP contribution in [-0.4, -0.2) is 16.6 Å². The third kappa shape index (κ3) is 4.73. The fourth-order valence-corrected chi connectivity index (χ4v) is 3.00. The molecule has 4 nitrogen and oxygen atoms in total. The summed E-state index contributed by atoms with van der Waals surface area (Å²) in [5, 5.41) is 2.92. The summed E-state index contributed by atoms with van der Waals surface area (Å²) in [6.45, 7) is 0.482. The second-order valence-electron chi connectivity index (χ2n) is 5.28. The Kier molecular flexibility index (Phi) is 5.69. The van der Waals surface area contributed by atoms with Crippen LogP contribution in [0.1, 0.15) is 11.1 Å². The number of amides is 1. The molecule has 0 aliphatic carbocycles. The first kappa shape index (κ1) is 16.3. The predicted molar refractivity (Wildman–Crippen MR) is 96.4 cm³/mol. The zero-order chi connectivity index (χ0) is 16.6. The monoisotopic (exact) mass is 338 g/mol. The quantitative estimate of drug-likeness (QED) is 0.710. The highest BCUT2D eigenvalue weighted by atomic mass is 32.2. The van der Waals surface area contributed by atoms with Gasteiger partial charge in [-0.3, -0.25) is 9.78 Å². The van der Waals surface area contributed by atoms with Gasteiger partial charge in [-0.1, -0.05) is 36.4 Å². The van der Waals surface area contributed by atoms with Crippen LogP contribution >= 0.6 is 11.8 Å². The van der Waals surface area contributed by atoms with Crippen molar-refractivity contribution in [1.29, 1.82) is 0 Å². The Morgan fingerprint density at radius 1 is 1.04 bits per heavy atom. The molecule has 1 aromatic carbocycles. The molecule has 0 atom stereocenters. The Labute approximate surface area is 145 Å². The van der Waals surface area contributed by atoms with Crippen LogP contribution in [0.15, 0.2) is 71.5 Å². The molecule has 0 aliphatic rings. The number of aromatic nitrogens is 1. The van der Waals surface area contributed by atoms with Crippen molar-refractivity contribution in [3.63, 3.8) is 0 Å². The van der Waals surface area contributed by atoms with Gasteiger partial charge in [0.15, 0.2) is 5.76 Å². The third-order valence-corrected chi connectivity index (χ3v) is 4.44. The van der Waals surface area contributed by atoms with Gasteiger partial charge in [-0.05, 0) is 29.3 Å². The normalized spacial score (nSPS) is 10.5. The largest absolute Gasteiger partial charge is 0.463 e. The Hall–Kier alpha value is -2.53. The fourth-order valence-electron chi connectivity index (χ4n) is 2.19. The van der Waals surface area contributed by atoms with Gasteiger partial charge in [-0.2, -0.15) is 0 Å². The zero-order valence-electron chi connectivity index (χ0n) is 13.1. The molecule has 1 N–H and O–H groups in total. The summed E-state index contributed by atoms with van der Waals surface area (Å²) in [6.07, 6.45) is 3.38. The van der Waals surface area contributed by atoms with Crippen molar-refractivity contribution in [3.05, 3.63) is 78.2 Å². The number of nitrogens with one attached hydrogen (secondary N) is 1. The standard InChI is InChI=1S/C19H18N2O2S/c22-19(14-24-13-15-5-2-1-3-6-15)21-12-16-8-9-17(20-11-16)18-7-4-10-23-18/h1-11H,12-14H2,(H,21,22). The molecule has 0 bridgehead atoms. The predicted octanol–water partition coefficient (Wildman–Crippen LogP) is 3.89. The highest BCUT2D eigenvalue weighted by molar-refractivity contribution is 7.99. The lowest BCUT2D eigenvalue weighted by Crippen LogP contribution is -2.24. The van der Waals surface area contributed by atoms with E-state index >= 15 is 0 Å². The van der Waals surface area contributed by atoms with Gasteiger partial charge in [-0.25, -0.2) is 0 Å². The number of furan rings is 1. The average molecular weight is 338 g/mol. The minimum Gasteiger partial charge on any atom is -0.463 e. The summed E-state index contributed by atoms with van der Waals surface area (Å²) in [5.74, 6) is 2.06. The molecular weight excluding hydrogens is 320 g/mol. The minimum atomic E-state index is 0.0334. The van der Waals surface area contributed by atoms with Crippen LogP contribution in [0, 0.1) is 0 Å². The number of hydrogen-bond donors (Lipinski definition) is 1. The Balaban J connectivity index is 1.41. The SMILES string of the molecule is O=C(CSCc1ccccc1)NCc1ccc(-c2ccco2)nc1. The number of benzene rings is 1. The first-order chi connectivity index (χ1) is 11.8. The second kappa shape index (κ2) is 8.36. The molecule has 2 heterocycles. The van der Waals surface area contributed by atoms with Gasteiger partial charge in [0.2, 0.25) is 5.91 Å². The highest BCUT2D eigenvalue weighted by Crippen LogP contribution is 2.17. The van der Waals surface area contributed by atoms with Gasteiger partial charge in [0.1, 0.15) is 5.69 Å². The van der Waals surface area contributed by atoms with Crippen molar-refractivity contribution >= 4 is 17.7 Å². The van der Waals surface area contributed by atoms with E-state index in [1.807, 2.05) is 42.5 Å². The molecule has 3 rings (SSSR count). The number of rotatable bonds is 7. The van der Waals surface area contributed by atoms with Gasteiger partial charge < -0.3 is 9.73 Å². The van der Waals surface area contributed by atoms with E-state index in [2.05, 4.69) is 22.4 Å². The van der Waals surface area contributed by atoms with Gasteiger partial charge in [0.05, 0.1) is 12.0 Å². The van der Waals surface area contributed by atoms with Crippen LogP contribution in [0.25, 0.3) is 11.5 Å². The van der Waals surface area contributed by atoms with E-state index in [1.165, 1.54) is 5.56 Å². The molecule has 3 aromatic rings. The van der Waals surface area contributed by atoms with Crippen molar-refractivity contribution in [2.45, 2.75) is 12.3 Å². The first-order valence-corrected chi connectivity index (χ1v) is 8.84. The Morgan fingerprint density at radius 2 is 1.92 bits per heavy atom. The van der Waals surface area contributed by atoms with E-state index in [9.17, 15) is 4.79 Å². The molecular formula is C19H18N2O2S. The molecule has 0 fully saturated rings. The molecule has 0 aliphatic heterocycles. The maximum Gasteiger partial charge on any atom is 0.230 e. The number of carbonyl (C=O) groups excluding carboxylic acids is 1. The molecule has 24 heavy (non-hydrogen) atoms.